The molecule has 0 amide bonds. The molecule has 0 aromatic heterocycles. The van der Waals surface area contributed by atoms with Crippen molar-refractivity contribution in [2.75, 3.05) is 66.1 Å². The van der Waals surface area contributed by atoms with E-state index in [0.29, 0.717) is 65.9 Å². The molecule has 0 heterocycles. The summed E-state index contributed by atoms with van der Waals surface area (Å²) < 4.78 is 27.1. The first kappa shape index (κ1) is 25.7. The van der Waals surface area contributed by atoms with E-state index in [1.54, 1.807) is 6.92 Å². The molecule has 158 valence electrons. The number of aliphatic hydroxyl groups is 2. The second kappa shape index (κ2) is 21.0. The first-order chi connectivity index (χ1) is 12.7. The summed E-state index contributed by atoms with van der Waals surface area (Å²) in [6, 6.07) is 0. The second-order valence-electron chi connectivity index (χ2n) is 6.25. The van der Waals surface area contributed by atoms with Gasteiger partial charge in [0.25, 0.3) is 0 Å². The number of aliphatic hydroxyl groups excluding tert-OH is 2. The fourth-order valence-electron chi connectivity index (χ4n) is 2.37. The standard InChI is InChI=1S/C19H40O7/c1-3-4-5-6-19(17-18(2)21)26-16-15-25-14-13-24-12-11-23-10-9-22-8-7-20/h18-21H,3-17H2,1-2H3. The molecule has 7 nitrogen and oxygen atoms in total. The van der Waals surface area contributed by atoms with Gasteiger partial charge in [-0.1, -0.05) is 26.2 Å². The van der Waals surface area contributed by atoms with Gasteiger partial charge in [0.1, 0.15) is 0 Å². The highest BCUT2D eigenvalue weighted by atomic mass is 16.6. The van der Waals surface area contributed by atoms with Crippen LogP contribution < -0.4 is 0 Å². The minimum atomic E-state index is -0.334. The first-order valence-corrected chi connectivity index (χ1v) is 9.92. The van der Waals surface area contributed by atoms with Crippen LogP contribution in [0.25, 0.3) is 0 Å². The Labute approximate surface area is 158 Å². The Morgan fingerprint density at radius 1 is 0.731 bits per heavy atom. The van der Waals surface area contributed by atoms with Gasteiger partial charge in [-0.05, 0) is 19.8 Å². The van der Waals surface area contributed by atoms with E-state index in [4.69, 9.17) is 28.8 Å². The topological polar surface area (TPSA) is 86.6 Å². The number of hydrogen-bond donors (Lipinski definition) is 2. The molecule has 0 spiro atoms. The second-order valence-corrected chi connectivity index (χ2v) is 6.25. The third kappa shape index (κ3) is 20.0. The Morgan fingerprint density at radius 2 is 1.23 bits per heavy atom. The lowest BCUT2D eigenvalue weighted by Crippen LogP contribution is -2.21. The minimum absolute atomic E-state index is 0.0359. The Balaban J connectivity index is 3.36. The minimum Gasteiger partial charge on any atom is -0.394 e. The Kier molecular flexibility index (Phi) is 20.8. The van der Waals surface area contributed by atoms with Gasteiger partial charge >= 0.3 is 0 Å². The van der Waals surface area contributed by atoms with Crippen molar-refractivity contribution < 1.29 is 33.9 Å². The summed E-state index contributed by atoms with van der Waals surface area (Å²) in [5.41, 5.74) is 0. The number of rotatable bonds is 21. The predicted octanol–water partition coefficient (Wildman–Crippen LogP) is 1.78. The molecule has 2 N–H and O–H groups in total. The average molecular weight is 381 g/mol. The van der Waals surface area contributed by atoms with E-state index in [0.717, 1.165) is 12.8 Å². The predicted molar refractivity (Wildman–Crippen MR) is 101 cm³/mol. The Bertz CT molecular complexity index is 264. The number of ether oxygens (including phenoxy) is 5. The van der Waals surface area contributed by atoms with Crippen molar-refractivity contribution in [3.8, 4) is 0 Å². The monoisotopic (exact) mass is 380 g/mol. The van der Waals surface area contributed by atoms with Crippen LogP contribution in [0, 0.1) is 0 Å². The molecule has 0 fully saturated rings. The molecular weight excluding hydrogens is 340 g/mol. The Morgan fingerprint density at radius 3 is 1.69 bits per heavy atom. The van der Waals surface area contributed by atoms with Crippen molar-refractivity contribution in [3.63, 3.8) is 0 Å². The van der Waals surface area contributed by atoms with Gasteiger partial charge in [-0.2, -0.15) is 0 Å². The lowest BCUT2D eigenvalue weighted by atomic mass is 10.1. The molecule has 0 aliphatic carbocycles. The molecular formula is C19H40O7. The Hall–Kier alpha value is -0.280. The zero-order valence-corrected chi connectivity index (χ0v) is 16.7. The summed E-state index contributed by atoms with van der Waals surface area (Å²) in [6.45, 7) is 8.52. The van der Waals surface area contributed by atoms with Crippen LogP contribution in [-0.2, 0) is 23.7 Å². The maximum Gasteiger partial charge on any atom is 0.0704 e. The highest BCUT2D eigenvalue weighted by Crippen LogP contribution is 2.12. The normalized spacial score (nSPS) is 13.8. The van der Waals surface area contributed by atoms with Crippen molar-refractivity contribution in [2.45, 2.75) is 58.2 Å². The van der Waals surface area contributed by atoms with Crippen molar-refractivity contribution in [2.24, 2.45) is 0 Å². The molecule has 0 bridgehead atoms. The summed E-state index contributed by atoms with van der Waals surface area (Å²) in [5.74, 6) is 0. The van der Waals surface area contributed by atoms with Crippen LogP contribution in [0.5, 0.6) is 0 Å². The van der Waals surface area contributed by atoms with Crippen LogP contribution >= 0.6 is 0 Å². The van der Waals surface area contributed by atoms with E-state index in [2.05, 4.69) is 6.92 Å². The maximum atomic E-state index is 9.54. The third-order valence-electron chi connectivity index (χ3n) is 3.67. The van der Waals surface area contributed by atoms with Crippen LogP contribution in [0.2, 0.25) is 0 Å². The quantitative estimate of drug-likeness (QED) is 0.294. The summed E-state index contributed by atoms with van der Waals surface area (Å²) >= 11 is 0. The third-order valence-corrected chi connectivity index (χ3v) is 3.67. The fraction of sp³-hybridized carbons (Fsp3) is 1.00. The molecule has 0 aromatic carbocycles. The summed E-state index contributed by atoms with van der Waals surface area (Å²) in [5, 5.41) is 18.1. The van der Waals surface area contributed by atoms with Gasteiger partial charge < -0.3 is 33.9 Å². The highest BCUT2D eigenvalue weighted by Gasteiger charge is 2.11. The van der Waals surface area contributed by atoms with Crippen molar-refractivity contribution in [1.29, 1.82) is 0 Å². The van der Waals surface area contributed by atoms with E-state index in [1.807, 2.05) is 0 Å². The van der Waals surface area contributed by atoms with E-state index in [-0.39, 0.29) is 18.8 Å². The van der Waals surface area contributed by atoms with Gasteiger partial charge in [0.05, 0.1) is 78.3 Å². The van der Waals surface area contributed by atoms with Crippen molar-refractivity contribution in [1.82, 2.24) is 0 Å². The summed E-state index contributed by atoms with van der Waals surface area (Å²) in [4.78, 5) is 0. The van der Waals surface area contributed by atoms with Gasteiger partial charge in [-0.3, -0.25) is 0 Å². The van der Waals surface area contributed by atoms with E-state index < -0.39 is 0 Å². The average Bonchev–Trinajstić information content (AvgIpc) is 2.61. The van der Waals surface area contributed by atoms with Crippen LogP contribution in [-0.4, -0.2) is 88.5 Å². The molecule has 0 aliphatic heterocycles. The van der Waals surface area contributed by atoms with Crippen LogP contribution in [0.4, 0.5) is 0 Å². The molecule has 0 aromatic rings. The lowest BCUT2D eigenvalue weighted by Gasteiger charge is -2.19. The molecule has 0 rings (SSSR count). The summed E-state index contributed by atoms with van der Waals surface area (Å²) in [7, 11) is 0. The van der Waals surface area contributed by atoms with Crippen molar-refractivity contribution in [3.05, 3.63) is 0 Å². The molecule has 0 saturated carbocycles. The molecule has 0 saturated heterocycles. The molecule has 0 radical (unpaired) electrons. The van der Waals surface area contributed by atoms with Crippen LogP contribution in [0.15, 0.2) is 0 Å². The summed E-state index contributed by atoms with van der Waals surface area (Å²) in [6.07, 6.45) is 4.97. The molecule has 0 aliphatic rings. The first-order valence-electron chi connectivity index (χ1n) is 9.92. The number of hydrogen-bond acceptors (Lipinski definition) is 7. The van der Waals surface area contributed by atoms with Gasteiger partial charge in [0.15, 0.2) is 0 Å². The molecule has 2 unspecified atom stereocenters. The molecule has 2 atom stereocenters. The fourth-order valence-corrected chi connectivity index (χ4v) is 2.37. The van der Waals surface area contributed by atoms with Gasteiger partial charge in [0.2, 0.25) is 0 Å². The van der Waals surface area contributed by atoms with Crippen LogP contribution in [0.1, 0.15) is 46.0 Å². The van der Waals surface area contributed by atoms with Gasteiger partial charge in [-0.25, -0.2) is 0 Å². The smallest absolute Gasteiger partial charge is 0.0704 e. The molecule has 26 heavy (non-hydrogen) atoms. The van der Waals surface area contributed by atoms with Gasteiger partial charge in [0, 0.05) is 0 Å². The lowest BCUT2D eigenvalue weighted by molar-refractivity contribution is -0.0343. The zero-order chi connectivity index (χ0) is 19.3. The maximum absolute atomic E-state index is 9.54. The van der Waals surface area contributed by atoms with Crippen LogP contribution in [0.3, 0.4) is 0 Å². The van der Waals surface area contributed by atoms with Gasteiger partial charge in [-0.15, -0.1) is 0 Å². The molecule has 7 heteroatoms. The van der Waals surface area contributed by atoms with Crippen molar-refractivity contribution >= 4 is 0 Å². The van der Waals surface area contributed by atoms with E-state index in [9.17, 15) is 5.11 Å². The SMILES string of the molecule is CCCCCC(CC(C)O)OCCOCCOCCOCCOCCO. The van der Waals surface area contributed by atoms with E-state index >= 15 is 0 Å². The zero-order valence-electron chi connectivity index (χ0n) is 16.7. The highest BCUT2D eigenvalue weighted by molar-refractivity contribution is 4.62. The largest absolute Gasteiger partial charge is 0.394 e. The number of unbranched alkanes of at least 4 members (excludes halogenated alkanes) is 2. The van der Waals surface area contributed by atoms with E-state index in [1.165, 1.54) is 12.8 Å².